The van der Waals surface area contributed by atoms with Crippen LogP contribution in [0.3, 0.4) is 0 Å². The Bertz CT molecular complexity index is 5.25. The van der Waals surface area contributed by atoms with Crippen molar-refractivity contribution in [1.82, 2.24) is 0 Å². The van der Waals surface area contributed by atoms with Gasteiger partial charge >= 0.3 is 50.9 Å². The minimum absolute atomic E-state index is 1.21. The van der Waals surface area contributed by atoms with E-state index >= 15 is 0 Å². The van der Waals surface area contributed by atoms with E-state index in [-0.39, 0.29) is 0 Å². The summed E-state index contributed by atoms with van der Waals surface area (Å²) in [6, 6.07) is 0. The molecule has 0 bridgehead atoms. The van der Waals surface area contributed by atoms with Gasteiger partial charge in [0, 0.05) is 0 Å². The average molecular weight is 212 g/mol. The molecule has 0 aromatic rings. The zero-order chi connectivity index (χ0) is 3.41. The Balaban J connectivity index is 1.97. The molecule has 32 valence electrons. The van der Waals surface area contributed by atoms with Crippen molar-refractivity contribution in [1.29, 1.82) is 0 Å². The van der Waals surface area contributed by atoms with Crippen LogP contribution in [0.15, 0.2) is 0 Å². The number of rotatable bonds is 1. The van der Waals surface area contributed by atoms with Crippen molar-refractivity contribution in [3.63, 3.8) is 0 Å². The van der Waals surface area contributed by atoms with Gasteiger partial charge in [0.25, 0.3) is 0 Å². The molecule has 0 aromatic carbocycles. The van der Waals surface area contributed by atoms with Crippen LogP contribution in [0.4, 0.5) is 0 Å². The summed E-state index contributed by atoms with van der Waals surface area (Å²) in [5, 5.41) is 0. The molecule has 0 spiro atoms. The molecular formula is C3H7Tm. The fraction of sp³-hybridized carbons (Fsp3) is 1.00. The second-order valence-corrected chi connectivity index (χ2v) is 1.53. The van der Waals surface area contributed by atoms with Gasteiger partial charge in [-0.2, -0.15) is 0 Å². The zero-order valence-electron chi connectivity index (χ0n) is 2.69. The summed E-state index contributed by atoms with van der Waals surface area (Å²) in [5.74, 6) is 0. The Kier molecular flexibility index (Phi) is 5.54. The van der Waals surface area contributed by atoms with E-state index in [4.69, 9.17) is 0 Å². The van der Waals surface area contributed by atoms with Crippen LogP contribution in [-0.4, -0.2) is 0 Å². The molecule has 0 aliphatic carbocycles. The van der Waals surface area contributed by atoms with Gasteiger partial charge in [-0.05, 0) is 0 Å². The molecule has 0 atom stereocenters. The molecule has 0 rings (SSSR count). The van der Waals surface area contributed by atoms with Gasteiger partial charge in [-0.15, -0.1) is 0 Å². The van der Waals surface area contributed by atoms with E-state index in [1.807, 2.05) is 0 Å². The molecule has 0 unspecified atom stereocenters. The summed E-state index contributed by atoms with van der Waals surface area (Å²) >= 11 is 2.81. The third-order valence-electron chi connectivity index (χ3n) is 0.139. The Morgan fingerprint density at radius 1 is 1.75 bits per heavy atom. The molecule has 0 saturated heterocycles. The van der Waals surface area contributed by atoms with Crippen molar-refractivity contribution in [3.8, 4) is 0 Å². The summed E-state index contributed by atoms with van der Waals surface area (Å²) in [6.45, 7) is 2.15. The van der Waals surface area contributed by atoms with E-state index in [0.29, 0.717) is 0 Å². The van der Waals surface area contributed by atoms with Crippen LogP contribution in [0.1, 0.15) is 13.3 Å². The van der Waals surface area contributed by atoms with Gasteiger partial charge in [-0.25, -0.2) is 0 Å². The Morgan fingerprint density at radius 2 is 2.00 bits per heavy atom. The Labute approximate surface area is 50.6 Å². The standard InChI is InChI=1S/C3H7.Tm/c1-3-2;/h1,3H2,2H3;. The monoisotopic (exact) mass is 212 g/mol. The zero-order valence-corrected chi connectivity index (χ0v) is 4.47. The van der Waals surface area contributed by atoms with E-state index in [1.54, 1.807) is 0 Å². The number of hydrogen-bond donors (Lipinski definition) is 0. The molecule has 0 aliphatic heterocycles. The van der Waals surface area contributed by atoms with E-state index < -0.39 is 0 Å². The molecule has 0 aliphatic rings. The van der Waals surface area contributed by atoms with Gasteiger partial charge in [0.2, 0.25) is 0 Å². The fourth-order valence-corrected chi connectivity index (χ4v) is 0. The van der Waals surface area contributed by atoms with Gasteiger partial charge in [0.05, 0.1) is 0 Å². The van der Waals surface area contributed by atoms with Crippen molar-refractivity contribution < 1.29 is 35.0 Å². The van der Waals surface area contributed by atoms with E-state index in [2.05, 4.69) is 41.9 Å². The maximum atomic E-state index is 2.81. The molecule has 0 N–H and O–H groups in total. The second kappa shape index (κ2) is 4.23. The van der Waals surface area contributed by atoms with Crippen LogP contribution >= 0.6 is 0 Å². The molecular weight excluding hydrogens is 205 g/mol. The molecule has 0 amide bonds. The van der Waals surface area contributed by atoms with E-state index in [0.717, 1.165) is 0 Å². The fourth-order valence-electron chi connectivity index (χ4n) is 0. The number of hydrogen-bond acceptors (Lipinski definition) is 0. The van der Waals surface area contributed by atoms with Crippen LogP contribution in [0.25, 0.3) is 0 Å². The molecule has 0 saturated carbocycles. The first-order valence-corrected chi connectivity index (χ1v) is 2.66. The van der Waals surface area contributed by atoms with Crippen LogP contribution in [0.2, 0.25) is 2.64 Å². The average Bonchev–Trinajstić information content (AvgIpc) is 1.37. The quantitative estimate of drug-likeness (QED) is 0.615. The first-order valence-electron chi connectivity index (χ1n) is 1.40. The maximum absolute atomic E-state index is 2.81. The van der Waals surface area contributed by atoms with Gasteiger partial charge < -0.3 is 0 Å². The van der Waals surface area contributed by atoms with Crippen molar-refractivity contribution in [2.24, 2.45) is 0 Å². The molecule has 0 fully saturated rings. The molecule has 0 radical (unpaired) electrons. The van der Waals surface area contributed by atoms with Crippen LogP contribution in [0.5, 0.6) is 0 Å². The van der Waals surface area contributed by atoms with Crippen molar-refractivity contribution in [2.75, 3.05) is 0 Å². The summed E-state index contributed by atoms with van der Waals surface area (Å²) < 4.78 is 1.21. The summed E-state index contributed by atoms with van der Waals surface area (Å²) in [5.41, 5.74) is 0. The summed E-state index contributed by atoms with van der Waals surface area (Å²) in [7, 11) is 0. The molecule has 4 heavy (non-hydrogen) atoms. The predicted octanol–water partition coefficient (Wildman–Crippen LogP) is 1.36. The summed E-state index contributed by atoms with van der Waals surface area (Å²) in [6.07, 6.45) is 1.27. The topological polar surface area (TPSA) is 0 Å². The molecule has 0 nitrogen and oxygen atoms in total. The first-order chi connectivity index (χ1) is 1.91. The third-order valence-corrected chi connectivity index (χ3v) is 1.03. The molecule has 1 heteroatoms. The third kappa shape index (κ3) is 3.23. The Morgan fingerprint density at radius 3 is 2.00 bits per heavy atom. The Hall–Kier alpha value is 1.23. The second-order valence-electron chi connectivity index (χ2n) is 0.639. The van der Waals surface area contributed by atoms with Crippen LogP contribution in [0, 0.1) is 35.0 Å². The molecule has 0 heterocycles. The normalized spacial score (nSPS) is 7.75. The van der Waals surface area contributed by atoms with Crippen LogP contribution < -0.4 is 0 Å². The van der Waals surface area contributed by atoms with Gasteiger partial charge in [0.15, 0.2) is 0 Å². The first kappa shape index (κ1) is 5.23. The van der Waals surface area contributed by atoms with Gasteiger partial charge in [-0.1, -0.05) is 0 Å². The molecule has 0 aromatic heterocycles. The van der Waals surface area contributed by atoms with Crippen molar-refractivity contribution >= 4 is 0 Å². The summed E-state index contributed by atoms with van der Waals surface area (Å²) in [4.78, 5) is 0. The van der Waals surface area contributed by atoms with Gasteiger partial charge in [0.1, 0.15) is 0 Å². The predicted molar refractivity (Wildman–Crippen MR) is 15.1 cm³/mol. The van der Waals surface area contributed by atoms with Crippen LogP contribution in [-0.2, 0) is 0 Å². The SMILES string of the molecule is CC[CH2][Tm]. The van der Waals surface area contributed by atoms with Crippen molar-refractivity contribution in [2.45, 2.75) is 16.0 Å². The van der Waals surface area contributed by atoms with E-state index in [9.17, 15) is 0 Å². The minimum atomic E-state index is 1.21. The van der Waals surface area contributed by atoms with Gasteiger partial charge in [-0.3, -0.25) is 0 Å². The van der Waals surface area contributed by atoms with Crippen molar-refractivity contribution in [3.05, 3.63) is 0 Å². The van der Waals surface area contributed by atoms with E-state index in [1.165, 1.54) is 9.06 Å².